The molecule has 152 valence electrons. The number of likely N-dealkylation sites (tertiary alicyclic amines) is 1. The first-order chi connectivity index (χ1) is 12.5. The smallest absolute Gasteiger partial charge is 0.315 e. The molecular weight excluding hydrogens is 371 g/mol. The van der Waals surface area contributed by atoms with Crippen molar-refractivity contribution in [3.63, 3.8) is 0 Å². The molecule has 1 aromatic carbocycles. The van der Waals surface area contributed by atoms with Crippen LogP contribution in [0.3, 0.4) is 0 Å². The molecule has 2 rings (SSSR count). The molecule has 3 N–H and O–H groups in total. The zero-order chi connectivity index (χ0) is 18.9. The van der Waals surface area contributed by atoms with E-state index in [1.807, 2.05) is 18.9 Å². The summed E-state index contributed by atoms with van der Waals surface area (Å²) in [5.74, 6) is 0.148. The zero-order valence-corrected chi connectivity index (χ0v) is 16.8. The van der Waals surface area contributed by atoms with Crippen LogP contribution in [0.2, 0.25) is 0 Å². The Bertz CT molecular complexity index is 600. The number of carbonyl (C=O) groups excluding carboxylic acids is 2. The third-order valence-electron chi connectivity index (χ3n) is 4.64. The third-order valence-corrected chi connectivity index (χ3v) is 4.64. The molecule has 1 fully saturated rings. The predicted molar refractivity (Wildman–Crippen MR) is 106 cm³/mol. The van der Waals surface area contributed by atoms with Crippen LogP contribution in [-0.2, 0) is 11.3 Å². The first-order valence-corrected chi connectivity index (χ1v) is 9.25. The van der Waals surface area contributed by atoms with Crippen LogP contribution >= 0.6 is 12.4 Å². The average Bonchev–Trinajstić information content (AvgIpc) is 3.09. The van der Waals surface area contributed by atoms with Gasteiger partial charge in [0.25, 0.3) is 0 Å². The van der Waals surface area contributed by atoms with Gasteiger partial charge in [-0.25, -0.2) is 9.18 Å². The summed E-state index contributed by atoms with van der Waals surface area (Å²) in [6.45, 7) is 4.65. The van der Waals surface area contributed by atoms with E-state index in [0.29, 0.717) is 12.3 Å². The first kappa shape index (κ1) is 23.2. The molecule has 0 aromatic heterocycles. The summed E-state index contributed by atoms with van der Waals surface area (Å²) in [5, 5.41) is 8.67. The minimum absolute atomic E-state index is 0. The Morgan fingerprint density at radius 2 is 2.00 bits per heavy atom. The monoisotopic (exact) mass is 400 g/mol. The number of nitrogens with zero attached hydrogens (tertiary/aromatic N) is 1. The second-order valence-corrected chi connectivity index (χ2v) is 6.79. The molecule has 0 saturated carbocycles. The molecule has 1 aliphatic heterocycles. The number of urea groups is 1. The number of carbonyl (C=O) groups is 2. The minimum Gasteiger partial charge on any atom is -0.341 e. The summed E-state index contributed by atoms with van der Waals surface area (Å²) < 4.78 is 12.9. The maximum Gasteiger partial charge on any atom is 0.315 e. The highest BCUT2D eigenvalue weighted by atomic mass is 35.5. The van der Waals surface area contributed by atoms with Crippen molar-refractivity contribution in [3.8, 4) is 0 Å². The van der Waals surface area contributed by atoms with Gasteiger partial charge >= 0.3 is 6.03 Å². The van der Waals surface area contributed by atoms with Crippen molar-refractivity contribution < 1.29 is 14.0 Å². The van der Waals surface area contributed by atoms with Crippen LogP contribution < -0.4 is 16.0 Å². The van der Waals surface area contributed by atoms with Gasteiger partial charge in [-0.05, 0) is 50.0 Å². The average molecular weight is 401 g/mol. The summed E-state index contributed by atoms with van der Waals surface area (Å²) in [7, 11) is 1.91. The van der Waals surface area contributed by atoms with Crippen LogP contribution in [0.25, 0.3) is 0 Å². The van der Waals surface area contributed by atoms with Gasteiger partial charge < -0.3 is 20.9 Å². The number of hydrogen-bond acceptors (Lipinski definition) is 3. The maximum atomic E-state index is 12.9. The second kappa shape index (κ2) is 11.8. The summed E-state index contributed by atoms with van der Waals surface area (Å²) in [6.07, 6.45) is 2.40. The number of halogens is 2. The second-order valence-electron chi connectivity index (χ2n) is 6.79. The fourth-order valence-corrected chi connectivity index (χ4v) is 3.25. The van der Waals surface area contributed by atoms with Crippen molar-refractivity contribution in [2.75, 3.05) is 26.7 Å². The fourth-order valence-electron chi connectivity index (χ4n) is 3.25. The topological polar surface area (TPSA) is 73.5 Å². The van der Waals surface area contributed by atoms with Gasteiger partial charge in [0.2, 0.25) is 5.91 Å². The maximum absolute atomic E-state index is 12.9. The molecule has 8 heteroatoms. The molecule has 27 heavy (non-hydrogen) atoms. The van der Waals surface area contributed by atoms with Crippen LogP contribution in [0.4, 0.5) is 9.18 Å². The van der Waals surface area contributed by atoms with Crippen LogP contribution in [-0.4, -0.2) is 49.6 Å². The molecule has 1 saturated heterocycles. The lowest BCUT2D eigenvalue weighted by Gasteiger charge is -2.24. The predicted octanol–water partition coefficient (Wildman–Crippen LogP) is 2.28. The Balaban J connectivity index is 0.00000364. The molecule has 3 amide bonds. The Morgan fingerprint density at radius 1 is 1.30 bits per heavy atom. The lowest BCUT2D eigenvalue weighted by Crippen LogP contribution is -2.50. The molecule has 1 aliphatic rings. The van der Waals surface area contributed by atoms with Gasteiger partial charge in [0.1, 0.15) is 11.9 Å². The molecule has 0 radical (unpaired) electrons. The van der Waals surface area contributed by atoms with E-state index >= 15 is 0 Å². The minimum atomic E-state index is -0.512. The first-order valence-electron chi connectivity index (χ1n) is 9.25. The SMILES string of the molecule is CCCC(NC(=O)NCc1ccc(F)cc1)C(=O)N1CCC(CNC)C1.Cl. The van der Waals surface area contributed by atoms with Crippen molar-refractivity contribution in [2.24, 2.45) is 5.92 Å². The van der Waals surface area contributed by atoms with Crippen molar-refractivity contribution in [1.29, 1.82) is 0 Å². The molecule has 2 atom stereocenters. The van der Waals surface area contributed by atoms with Crippen molar-refractivity contribution in [2.45, 2.75) is 38.8 Å². The van der Waals surface area contributed by atoms with E-state index < -0.39 is 6.04 Å². The van der Waals surface area contributed by atoms with E-state index in [9.17, 15) is 14.0 Å². The van der Waals surface area contributed by atoms with E-state index in [1.165, 1.54) is 12.1 Å². The number of rotatable bonds is 8. The van der Waals surface area contributed by atoms with Gasteiger partial charge in [0.05, 0.1) is 0 Å². The van der Waals surface area contributed by atoms with E-state index in [2.05, 4.69) is 16.0 Å². The van der Waals surface area contributed by atoms with Crippen LogP contribution in [0.1, 0.15) is 31.7 Å². The third kappa shape index (κ3) is 7.34. The van der Waals surface area contributed by atoms with Gasteiger partial charge in [-0.2, -0.15) is 0 Å². The van der Waals surface area contributed by atoms with Gasteiger partial charge in [-0.1, -0.05) is 25.5 Å². The molecule has 0 spiro atoms. The highest BCUT2D eigenvalue weighted by molar-refractivity contribution is 5.87. The quantitative estimate of drug-likeness (QED) is 0.626. The molecule has 0 aliphatic carbocycles. The van der Waals surface area contributed by atoms with Gasteiger partial charge in [-0.3, -0.25) is 4.79 Å². The Kier molecular flexibility index (Phi) is 10.1. The Morgan fingerprint density at radius 3 is 2.63 bits per heavy atom. The Hall–Kier alpha value is -1.86. The number of nitrogens with one attached hydrogen (secondary N) is 3. The summed E-state index contributed by atoms with van der Waals surface area (Å²) >= 11 is 0. The van der Waals surface area contributed by atoms with Crippen LogP contribution in [0.5, 0.6) is 0 Å². The van der Waals surface area contributed by atoms with E-state index in [-0.39, 0.29) is 36.7 Å². The van der Waals surface area contributed by atoms with E-state index in [0.717, 1.165) is 38.0 Å². The van der Waals surface area contributed by atoms with E-state index in [4.69, 9.17) is 0 Å². The lowest BCUT2D eigenvalue weighted by molar-refractivity contribution is -0.132. The van der Waals surface area contributed by atoms with Gasteiger partial charge in [0.15, 0.2) is 0 Å². The number of amides is 3. The molecular formula is C19H30ClFN4O2. The summed E-state index contributed by atoms with van der Waals surface area (Å²) in [5.41, 5.74) is 0.800. The highest BCUT2D eigenvalue weighted by Gasteiger charge is 2.30. The molecule has 1 heterocycles. The molecule has 0 bridgehead atoms. The standard InChI is InChI=1S/C19H29FN4O2.ClH/c1-3-4-17(18(25)24-10-9-15(13-24)11-21-2)23-19(26)22-12-14-5-7-16(20)8-6-14;/h5-8,15,17,21H,3-4,9-13H2,1-2H3,(H2,22,23,26);1H. The van der Waals surface area contributed by atoms with Crippen molar-refractivity contribution >= 4 is 24.3 Å². The van der Waals surface area contributed by atoms with Gasteiger partial charge in [-0.15, -0.1) is 12.4 Å². The Labute approximate surface area is 166 Å². The lowest BCUT2D eigenvalue weighted by atomic mass is 10.1. The van der Waals surface area contributed by atoms with Crippen LogP contribution in [0, 0.1) is 11.7 Å². The molecule has 2 unspecified atom stereocenters. The largest absolute Gasteiger partial charge is 0.341 e. The fraction of sp³-hybridized carbons (Fsp3) is 0.579. The van der Waals surface area contributed by atoms with Crippen molar-refractivity contribution in [1.82, 2.24) is 20.9 Å². The van der Waals surface area contributed by atoms with Crippen LogP contribution in [0.15, 0.2) is 24.3 Å². The molecule has 6 nitrogen and oxygen atoms in total. The number of hydrogen-bond donors (Lipinski definition) is 3. The van der Waals surface area contributed by atoms with Gasteiger partial charge in [0, 0.05) is 19.6 Å². The highest BCUT2D eigenvalue weighted by Crippen LogP contribution is 2.17. The van der Waals surface area contributed by atoms with E-state index in [1.54, 1.807) is 12.1 Å². The number of benzene rings is 1. The van der Waals surface area contributed by atoms with Crippen molar-refractivity contribution in [3.05, 3.63) is 35.6 Å². The normalized spacial score (nSPS) is 17.1. The molecule has 1 aromatic rings. The summed E-state index contributed by atoms with van der Waals surface area (Å²) in [6, 6.07) is 5.06. The zero-order valence-electron chi connectivity index (χ0n) is 16.0. The summed E-state index contributed by atoms with van der Waals surface area (Å²) in [4.78, 5) is 26.8.